The number of rotatable bonds is 6. The van der Waals surface area contributed by atoms with Gasteiger partial charge in [-0.2, -0.15) is 5.10 Å². The van der Waals surface area contributed by atoms with E-state index in [-0.39, 0.29) is 17.9 Å². The van der Waals surface area contributed by atoms with Crippen molar-refractivity contribution in [3.05, 3.63) is 48.3 Å². The zero-order chi connectivity index (χ0) is 16.8. The second-order valence-electron chi connectivity index (χ2n) is 6.30. The molecule has 5 heteroatoms. The first-order valence-electron chi connectivity index (χ1n) is 8.76. The fourth-order valence-electron chi connectivity index (χ4n) is 3.18. The second kappa shape index (κ2) is 8.11. The average molecular weight is 327 g/mol. The molecule has 1 aromatic heterocycles. The first kappa shape index (κ1) is 16.7. The standard InChI is InChI=1S/C19H25N3O2/c1-2-18(15-8-4-3-5-9-15)19(23)21-16-12-20-22(13-16)14-17-10-6-7-11-24-17/h3-5,8-9,12-13,17-18H,2,6-7,10-11,14H2,1H3,(H,21,23). The zero-order valence-electron chi connectivity index (χ0n) is 14.1. The Morgan fingerprint density at radius 3 is 2.92 bits per heavy atom. The van der Waals surface area contributed by atoms with Gasteiger partial charge in [0.25, 0.3) is 0 Å². The Morgan fingerprint density at radius 1 is 1.38 bits per heavy atom. The zero-order valence-corrected chi connectivity index (χ0v) is 14.1. The maximum atomic E-state index is 12.6. The molecule has 0 saturated carbocycles. The number of nitrogens with one attached hydrogen (secondary N) is 1. The quantitative estimate of drug-likeness (QED) is 0.882. The topological polar surface area (TPSA) is 56.2 Å². The van der Waals surface area contributed by atoms with Gasteiger partial charge in [-0.15, -0.1) is 0 Å². The molecule has 1 fully saturated rings. The smallest absolute Gasteiger partial charge is 0.231 e. The van der Waals surface area contributed by atoms with Gasteiger partial charge in [0, 0.05) is 12.8 Å². The fraction of sp³-hybridized carbons (Fsp3) is 0.474. The third-order valence-corrected chi connectivity index (χ3v) is 4.49. The third-order valence-electron chi connectivity index (χ3n) is 4.49. The molecule has 0 radical (unpaired) electrons. The van der Waals surface area contributed by atoms with Crippen LogP contribution >= 0.6 is 0 Å². The van der Waals surface area contributed by atoms with E-state index in [2.05, 4.69) is 10.4 Å². The Labute approximate surface area is 143 Å². The van der Waals surface area contributed by atoms with Crippen molar-refractivity contribution in [2.75, 3.05) is 11.9 Å². The van der Waals surface area contributed by atoms with Crippen LogP contribution in [0, 0.1) is 0 Å². The molecular formula is C19H25N3O2. The van der Waals surface area contributed by atoms with Gasteiger partial charge in [-0.05, 0) is 31.2 Å². The van der Waals surface area contributed by atoms with Gasteiger partial charge in [0.1, 0.15) is 0 Å². The molecule has 2 aromatic rings. The Morgan fingerprint density at radius 2 is 2.21 bits per heavy atom. The van der Waals surface area contributed by atoms with Gasteiger partial charge in [-0.1, -0.05) is 37.3 Å². The molecule has 0 spiro atoms. The fourth-order valence-corrected chi connectivity index (χ4v) is 3.18. The van der Waals surface area contributed by atoms with Gasteiger partial charge >= 0.3 is 0 Å². The summed E-state index contributed by atoms with van der Waals surface area (Å²) in [5.41, 5.74) is 1.78. The van der Waals surface area contributed by atoms with Crippen molar-refractivity contribution in [2.24, 2.45) is 0 Å². The lowest BCUT2D eigenvalue weighted by atomic mass is 9.96. The predicted octanol–water partition coefficient (Wildman–Crippen LogP) is 3.58. The minimum absolute atomic E-state index is 0.0113. The van der Waals surface area contributed by atoms with E-state index in [9.17, 15) is 4.79 Å². The van der Waals surface area contributed by atoms with E-state index in [4.69, 9.17) is 4.74 Å². The van der Waals surface area contributed by atoms with Gasteiger partial charge in [-0.25, -0.2) is 0 Å². The largest absolute Gasteiger partial charge is 0.376 e. The summed E-state index contributed by atoms with van der Waals surface area (Å²) in [5.74, 6) is -0.131. The van der Waals surface area contributed by atoms with E-state index in [0.29, 0.717) is 0 Å². The molecular weight excluding hydrogens is 302 g/mol. The molecule has 2 atom stereocenters. The molecule has 1 aromatic carbocycles. The minimum atomic E-state index is -0.142. The number of carbonyl (C=O) groups excluding carboxylic acids is 1. The number of aromatic nitrogens is 2. The molecule has 1 amide bonds. The number of hydrogen-bond donors (Lipinski definition) is 1. The number of benzene rings is 1. The number of amides is 1. The SMILES string of the molecule is CCC(C(=O)Nc1cnn(CC2CCCCO2)c1)c1ccccc1. The van der Waals surface area contributed by atoms with Gasteiger partial charge in [0.15, 0.2) is 0 Å². The van der Waals surface area contributed by atoms with Crippen LogP contribution in [-0.4, -0.2) is 28.4 Å². The molecule has 2 heterocycles. The molecule has 5 nitrogen and oxygen atoms in total. The van der Waals surface area contributed by atoms with Crippen LogP contribution in [0.2, 0.25) is 0 Å². The van der Waals surface area contributed by atoms with Crippen LogP contribution in [0.3, 0.4) is 0 Å². The Bertz CT molecular complexity index is 648. The first-order valence-corrected chi connectivity index (χ1v) is 8.76. The van der Waals surface area contributed by atoms with Crippen molar-refractivity contribution in [1.82, 2.24) is 9.78 Å². The van der Waals surface area contributed by atoms with Crippen LogP contribution in [0.15, 0.2) is 42.7 Å². The van der Waals surface area contributed by atoms with Crippen molar-refractivity contribution in [3.63, 3.8) is 0 Å². The molecule has 128 valence electrons. The highest BCUT2D eigenvalue weighted by Crippen LogP contribution is 2.21. The van der Waals surface area contributed by atoms with Crippen LogP contribution in [0.1, 0.15) is 44.1 Å². The number of ether oxygens (including phenoxy) is 1. The first-order chi connectivity index (χ1) is 11.8. The van der Waals surface area contributed by atoms with Crippen LogP contribution in [0.5, 0.6) is 0 Å². The molecule has 2 unspecified atom stereocenters. The van der Waals surface area contributed by atoms with E-state index in [1.54, 1.807) is 6.20 Å². The summed E-state index contributed by atoms with van der Waals surface area (Å²) in [6, 6.07) is 9.89. The van der Waals surface area contributed by atoms with Crippen molar-refractivity contribution in [1.29, 1.82) is 0 Å². The average Bonchev–Trinajstić information content (AvgIpc) is 3.04. The van der Waals surface area contributed by atoms with Crippen LogP contribution in [-0.2, 0) is 16.1 Å². The van der Waals surface area contributed by atoms with Gasteiger partial charge in [-0.3, -0.25) is 9.48 Å². The highest BCUT2D eigenvalue weighted by atomic mass is 16.5. The summed E-state index contributed by atoms with van der Waals surface area (Å²) in [6.07, 6.45) is 8.02. The van der Waals surface area contributed by atoms with E-state index in [1.807, 2.05) is 48.1 Å². The third kappa shape index (κ3) is 4.23. The van der Waals surface area contributed by atoms with Crippen LogP contribution < -0.4 is 5.32 Å². The molecule has 1 N–H and O–H groups in total. The van der Waals surface area contributed by atoms with Gasteiger partial charge in [0.2, 0.25) is 5.91 Å². The van der Waals surface area contributed by atoms with E-state index in [0.717, 1.165) is 43.7 Å². The number of anilines is 1. The lowest BCUT2D eigenvalue weighted by Crippen LogP contribution is -2.24. The van der Waals surface area contributed by atoms with Crippen molar-refractivity contribution >= 4 is 11.6 Å². The Hall–Kier alpha value is -2.14. The molecule has 1 saturated heterocycles. The van der Waals surface area contributed by atoms with Crippen LogP contribution in [0.4, 0.5) is 5.69 Å². The number of nitrogens with zero attached hydrogens (tertiary/aromatic N) is 2. The van der Waals surface area contributed by atoms with Crippen molar-refractivity contribution in [2.45, 2.75) is 51.2 Å². The molecule has 1 aliphatic heterocycles. The van der Waals surface area contributed by atoms with Crippen molar-refractivity contribution in [3.8, 4) is 0 Å². The summed E-state index contributed by atoms with van der Waals surface area (Å²) in [5, 5.41) is 7.33. The lowest BCUT2D eigenvalue weighted by Gasteiger charge is -2.22. The minimum Gasteiger partial charge on any atom is -0.376 e. The molecule has 0 aliphatic carbocycles. The van der Waals surface area contributed by atoms with E-state index >= 15 is 0 Å². The number of hydrogen-bond acceptors (Lipinski definition) is 3. The molecule has 0 bridgehead atoms. The predicted molar refractivity (Wildman–Crippen MR) is 93.9 cm³/mol. The molecule has 1 aliphatic rings. The van der Waals surface area contributed by atoms with Gasteiger partial charge in [0.05, 0.1) is 30.5 Å². The monoisotopic (exact) mass is 327 g/mol. The summed E-state index contributed by atoms with van der Waals surface area (Å²) < 4.78 is 7.59. The van der Waals surface area contributed by atoms with Crippen molar-refractivity contribution < 1.29 is 9.53 Å². The summed E-state index contributed by atoms with van der Waals surface area (Å²) in [7, 11) is 0. The highest BCUT2D eigenvalue weighted by Gasteiger charge is 2.19. The summed E-state index contributed by atoms with van der Waals surface area (Å²) in [4.78, 5) is 12.6. The van der Waals surface area contributed by atoms with E-state index in [1.165, 1.54) is 6.42 Å². The Kier molecular flexibility index (Phi) is 5.64. The summed E-state index contributed by atoms with van der Waals surface area (Å²) in [6.45, 7) is 3.61. The maximum Gasteiger partial charge on any atom is 0.231 e. The van der Waals surface area contributed by atoms with Gasteiger partial charge < -0.3 is 10.1 Å². The maximum absolute atomic E-state index is 12.6. The van der Waals surface area contributed by atoms with E-state index < -0.39 is 0 Å². The number of carbonyl (C=O) groups is 1. The van der Waals surface area contributed by atoms with Crippen LogP contribution in [0.25, 0.3) is 0 Å². The highest BCUT2D eigenvalue weighted by molar-refractivity contribution is 5.95. The molecule has 24 heavy (non-hydrogen) atoms. The lowest BCUT2D eigenvalue weighted by molar-refractivity contribution is -0.117. The summed E-state index contributed by atoms with van der Waals surface area (Å²) >= 11 is 0. The normalized spacial score (nSPS) is 19.0. The molecule has 3 rings (SSSR count). The Balaban J connectivity index is 1.60. The second-order valence-corrected chi connectivity index (χ2v) is 6.30.